The number of benzene rings is 2. The highest BCUT2D eigenvalue weighted by Crippen LogP contribution is 2.34. The summed E-state index contributed by atoms with van der Waals surface area (Å²) in [5.41, 5.74) is 7.21. The van der Waals surface area contributed by atoms with Crippen LogP contribution in [0.5, 0.6) is 5.75 Å². The van der Waals surface area contributed by atoms with Crippen molar-refractivity contribution in [3.63, 3.8) is 0 Å². The molecule has 1 heterocycles. The largest absolute Gasteiger partial charge is 0.440 e. The van der Waals surface area contributed by atoms with Gasteiger partial charge in [0.1, 0.15) is 11.8 Å². The van der Waals surface area contributed by atoms with Gasteiger partial charge in [-0.25, -0.2) is 0 Å². The van der Waals surface area contributed by atoms with Crippen LogP contribution >= 0.6 is 0 Å². The van der Waals surface area contributed by atoms with Crippen molar-refractivity contribution in [3.05, 3.63) is 53.4 Å². The number of allylic oxidation sites excluding steroid dienone is 1. The molecular formula is C14H10N2O. The van der Waals surface area contributed by atoms with Crippen molar-refractivity contribution in [3.8, 4) is 11.8 Å². The number of nitrogens with two attached hydrogens (primary N) is 1. The molecule has 2 aromatic carbocycles. The van der Waals surface area contributed by atoms with E-state index in [1.807, 2.05) is 36.4 Å². The topological polar surface area (TPSA) is 59.0 Å². The van der Waals surface area contributed by atoms with Crippen LogP contribution in [0, 0.1) is 11.3 Å². The summed E-state index contributed by atoms with van der Waals surface area (Å²) in [5, 5.41) is 11.3. The van der Waals surface area contributed by atoms with Gasteiger partial charge in [-0.15, -0.1) is 0 Å². The average Bonchev–Trinajstić information content (AvgIpc) is 2.37. The Bertz CT molecular complexity index is 680. The van der Waals surface area contributed by atoms with Crippen molar-refractivity contribution < 1.29 is 4.74 Å². The van der Waals surface area contributed by atoms with E-state index in [9.17, 15) is 0 Å². The number of hydrogen-bond acceptors (Lipinski definition) is 3. The fourth-order valence-corrected chi connectivity index (χ4v) is 2.13. The summed E-state index contributed by atoms with van der Waals surface area (Å²) in [6, 6.07) is 14.0. The Morgan fingerprint density at radius 1 is 1.18 bits per heavy atom. The van der Waals surface area contributed by atoms with E-state index in [4.69, 9.17) is 15.7 Å². The maximum Gasteiger partial charge on any atom is 0.205 e. The SMILES string of the molecule is N#CC1=C(N)Oc2ccc3ccccc3c2C1. The smallest absolute Gasteiger partial charge is 0.205 e. The minimum absolute atomic E-state index is 0.218. The van der Waals surface area contributed by atoms with Crippen molar-refractivity contribution in [1.82, 2.24) is 0 Å². The Morgan fingerprint density at radius 2 is 2.00 bits per heavy atom. The third-order valence-electron chi connectivity index (χ3n) is 3.00. The van der Waals surface area contributed by atoms with Crippen molar-refractivity contribution in [2.45, 2.75) is 6.42 Å². The predicted molar refractivity (Wildman–Crippen MR) is 65.1 cm³/mol. The van der Waals surface area contributed by atoms with Gasteiger partial charge in [0, 0.05) is 12.0 Å². The second-order valence-electron chi connectivity index (χ2n) is 4.00. The summed E-state index contributed by atoms with van der Waals surface area (Å²) < 4.78 is 5.48. The normalized spacial score (nSPS) is 14.1. The van der Waals surface area contributed by atoms with Crippen molar-refractivity contribution in [2.24, 2.45) is 5.73 Å². The molecule has 0 amide bonds. The van der Waals surface area contributed by atoms with E-state index >= 15 is 0 Å². The third-order valence-corrected chi connectivity index (χ3v) is 3.00. The van der Waals surface area contributed by atoms with Gasteiger partial charge >= 0.3 is 0 Å². The highest BCUT2D eigenvalue weighted by atomic mass is 16.5. The minimum atomic E-state index is 0.218. The predicted octanol–water partition coefficient (Wildman–Crippen LogP) is 2.47. The van der Waals surface area contributed by atoms with Crippen LogP contribution in [0.15, 0.2) is 47.9 Å². The molecule has 3 heteroatoms. The van der Waals surface area contributed by atoms with Crippen LogP contribution in [-0.4, -0.2) is 0 Å². The van der Waals surface area contributed by atoms with Gasteiger partial charge in [-0.1, -0.05) is 30.3 Å². The summed E-state index contributed by atoms with van der Waals surface area (Å²) >= 11 is 0. The van der Waals surface area contributed by atoms with E-state index in [0.717, 1.165) is 22.1 Å². The van der Waals surface area contributed by atoms with Gasteiger partial charge in [-0.3, -0.25) is 0 Å². The first-order valence-corrected chi connectivity index (χ1v) is 5.37. The molecule has 3 rings (SSSR count). The lowest BCUT2D eigenvalue weighted by Gasteiger charge is -2.19. The Morgan fingerprint density at radius 3 is 2.82 bits per heavy atom. The highest BCUT2D eigenvalue weighted by Gasteiger charge is 2.19. The van der Waals surface area contributed by atoms with Crippen LogP contribution in [0.3, 0.4) is 0 Å². The molecule has 0 aliphatic carbocycles. The van der Waals surface area contributed by atoms with E-state index < -0.39 is 0 Å². The van der Waals surface area contributed by atoms with Crippen LogP contribution in [0.25, 0.3) is 10.8 Å². The van der Waals surface area contributed by atoms with Crippen LogP contribution in [-0.2, 0) is 6.42 Å². The first-order valence-electron chi connectivity index (χ1n) is 5.37. The molecule has 0 saturated heterocycles. The van der Waals surface area contributed by atoms with Crippen molar-refractivity contribution in [1.29, 1.82) is 5.26 Å². The number of rotatable bonds is 0. The average molecular weight is 222 g/mol. The number of hydrogen-bond donors (Lipinski definition) is 1. The second kappa shape index (κ2) is 3.53. The quantitative estimate of drug-likeness (QED) is 0.744. The van der Waals surface area contributed by atoms with E-state index in [1.54, 1.807) is 0 Å². The molecule has 0 radical (unpaired) electrons. The molecule has 1 aliphatic heterocycles. The van der Waals surface area contributed by atoms with Crippen molar-refractivity contribution >= 4 is 10.8 Å². The lowest BCUT2D eigenvalue weighted by Crippen LogP contribution is -2.16. The number of fused-ring (bicyclic) bond motifs is 3. The van der Waals surface area contributed by atoms with E-state index in [0.29, 0.717) is 12.0 Å². The number of nitriles is 1. The molecule has 0 atom stereocenters. The molecule has 82 valence electrons. The van der Waals surface area contributed by atoms with Gasteiger partial charge in [0.15, 0.2) is 0 Å². The standard InChI is InChI=1S/C14H10N2O/c15-8-10-7-12-11-4-2-1-3-9(11)5-6-13(12)17-14(10)16/h1-6H,7,16H2. The van der Waals surface area contributed by atoms with Gasteiger partial charge < -0.3 is 10.5 Å². The summed E-state index contributed by atoms with van der Waals surface area (Å²) in [5.74, 6) is 0.968. The molecule has 0 spiro atoms. The first-order chi connectivity index (χ1) is 8.29. The zero-order chi connectivity index (χ0) is 11.8. The van der Waals surface area contributed by atoms with Gasteiger partial charge in [0.2, 0.25) is 5.88 Å². The summed E-state index contributed by atoms with van der Waals surface area (Å²) in [7, 11) is 0. The Balaban J connectivity index is 2.26. The van der Waals surface area contributed by atoms with Gasteiger partial charge in [0.05, 0.1) is 5.57 Å². The Kier molecular flexibility index (Phi) is 2.02. The molecular weight excluding hydrogens is 212 g/mol. The van der Waals surface area contributed by atoms with Crippen LogP contribution in [0.1, 0.15) is 5.56 Å². The molecule has 0 bridgehead atoms. The summed E-state index contributed by atoms with van der Waals surface area (Å²) in [6.45, 7) is 0. The number of nitrogens with zero attached hydrogens (tertiary/aromatic N) is 1. The number of ether oxygens (including phenoxy) is 1. The molecule has 0 aromatic heterocycles. The molecule has 0 saturated carbocycles. The van der Waals surface area contributed by atoms with Gasteiger partial charge in [0.25, 0.3) is 0 Å². The fraction of sp³-hybridized carbons (Fsp3) is 0.0714. The van der Waals surface area contributed by atoms with E-state index in [-0.39, 0.29) is 5.88 Å². The summed E-state index contributed by atoms with van der Waals surface area (Å²) in [6.07, 6.45) is 0.541. The lowest BCUT2D eigenvalue weighted by atomic mass is 9.96. The minimum Gasteiger partial charge on any atom is -0.440 e. The molecule has 2 N–H and O–H groups in total. The molecule has 0 fully saturated rings. The van der Waals surface area contributed by atoms with Crippen LogP contribution in [0.4, 0.5) is 0 Å². The van der Waals surface area contributed by atoms with E-state index in [1.165, 1.54) is 0 Å². The molecule has 17 heavy (non-hydrogen) atoms. The maximum atomic E-state index is 8.99. The highest BCUT2D eigenvalue weighted by molar-refractivity contribution is 5.88. The zero-order valence-electron chi connectivity index (χ0n) is 9.10. The Labute approximate surface area is 98.7 Å². The fourth-order valence-electron chi connectivity index (χ4n) is 2.13. The van der Waals surface area contributed by atoms with Gasteiger partial charge in [-0.2, -0.15) is 5.26 Å². The maximum absolute atomic E-state index is 8.99. The lowest BCUT2D eigenvalue weighted by molar-refractivity contribution is 0.400. The van der Waals surface area contributed by atoms with Crippen LogP contribution < -0.4 is 10.5 Å². The van der Waals surface area contributed by atoms with E-state index in [2.05, 4.69) is 6.07 Å². The zero-order valence-corrected chi connectivity index (χ0v) is 9.10. The monoisotopic (exact) mass is 222 g/mol. The second-order valence-corrected chi connectivity index (χ2v) is 4.00. The Hall–Kier alpha value is -2.47. The molecule has 1 aliphatic rings. The van der Waals surface area contributed by atoms with Crippen LogP contribution in [0.2, 0.25) is 0 Å². The van der Waals surface area contributed by atoms with Crippen molar-refractivity contribution in [2.75, 3.05) is 0 Å². The first kappa shape index (κ1) is 9.73. The molecule has 0 unspecified atom stereocenters. The summed E-state index contributed by atoms with van der Waals surface area (Å²) in [4.78, 5) is 0. The van der Waals surface area contributed by atoms with Gasteiger partial charge in [-0.05, 0) is 16.8 Å². The molecule has 3 nitrogen and oxygen atoms in total. The third kappa shape index (κ3) is 1.42. The molecule has 2 aromatic rings.